The second kappa shape index (κ2) is 9.75. The summed E-state index contributed by atoms with van der Waals surface area (Å²) < 4.78 is 40.6. The number of benzene rings is 2. The lowest BCUT2D eigenvalue weighted by Crippen LogP contribution is -2.49. The molecule has 4 aromatic rings. The molecule has 0 spiro atoms. The van der Waals surface area contributed by atoms with Crippen molar-refractivity contribution in [2.75, 3.05) is 45.3 Å². The maximum Gasteiger partial charge on any atom is 0.254 e. The Morgan fingerprint density at radius 1 is 0.944 bits per heavy atom. The van der Waals surface area contributed by atoms with Crippen LogP contribution in [0.15, 0.2) is 59.8 Å². The number of aryl methyl sites for hydroxylation is 1. The number of hydrogen-bond donors (Lipinski definition) is 0. The maximum atomic E-state index is 13.4. The molecule has 0 N–H and O–H groups in total. The van der Waals surface area contributed by atoms with E-state index in [2.05, 4.69) is 32.1 Å². The van der Waals surface area contributed by atoms with Gasteiger partial charge in [0.25, 0.3) is 5.78 Å². The summed E-state index contributed by atoms with van der Waals surface area (Å²) in [5, 5.41) is 4.43. The highest BCUT2D eigenvalue weighted by Gasteiger charge is 2.31. The largest absolute Gasteiger partial charge is 0.493 e. The summed E-state index contributed by atoms with van der Waals surface area (Å²) >= 11 is 0. The Bertz CT molecular complexity index is 1480. The zero-order valence-corrected chi connectivity index (χ0v) is 21.3. The first-order valence-electron chi connectivity index (χ1n) is 11.6. The molecule has 5 rings (SSSR count). The standard InChI is InChI=1S/C25H28N6O4S/c1-18-21(15-19-7-5-4-6-8-19)24(31-25(28-18)26-17-27-31)29-11-13-30(14-12-29)36(32,33)20-9-10-22(34-2)23(16-20)35-3/h4-10,16-17H,11-15H2,1-3H3. The van der Waals surface area contributed by atoms with Crippen LogP contribution in [0.5, 0.6) is 11.5 Å². The smallest absolute Gasteiger partial charge is 0.254 e. The van der Waals surface area contributed by atoms with Gasteiger partial charge in [-0.1, -0.05) is 30.3 Å². The molecule has 1 aliphatic heterocycles. The van der Waals surface area contributed by atoms with E-state index >= 15 is 0 Å². The Morgan fingerprint density at radius 3 is 2.36 bits per heavy atom. The highest BCUT2D eigenvalue weighted by molar-refractivity contribution is 7.89. The van der Waals surface area contributed by atoms with E-state index in [0.29, 0.717) is 49.9 Å². The van der Waals surface area contributed by atoms with E-state index in [9.17, 15) is 8.42 Å². The van der Waals surface area contributed by atoms with E-state index in [1.165, 1.54) is 30.9 Å². The normalized spacial score (nSPS) is 14.8. The Balaban J connectivity index is 1.43. The van der Waals surface area contributed by atoms with Gasteiger partial charge in [-0.2, -0.15) is 18.9 Å². The van der Waals surface area contributed by atoms with Gasteiger partial charge in [0, 0.05) is 49.9 Å². The number of hydrogen-bond acceptors (Lipinski definition) is 8. The highest BCUT2D eigenvalue weighted by atomic mass is 32.2. The molecule has 1 aliphatic rings. The van der Waals surface area contributed by atoms with E-state index in [1.807, 2.05) is 25.1 Å². The first-order chi connectivity index (χ1) is 17.4. The van der Waals surface area contributed by atoms with Crippen LogP contribution in [-0.2, 0) is 16.4 Å². The van der Waals surface area contributed by atoms with Gasteiger partial charge in [-0.25, -0.2) is 13.4 Å². The van der Waals surface area contributed by atoms with Gasteiger partial charge in [0.05, 0.1) is 19.1 Å². The van der Waals surface area contributed by atoms with Crippen LogP contribution < -0.4 is 14.4 Å². The van der Waals surface area contributed by atoms with Crippen LogP contribution in [0.4, 0.5) is 5.82 Å². The summed E-state index contributed by atoms with van der Waals surface area (Å²) in [6, 6.07) is 14.9. The fourth-order valence-electron chi connectivity index (χ4n) is 4.57. The average molecular weight is 509 g/mol. The quantitative estimate of drug-likeness (QED) is 0.375. The molecule has 0 saturated carbocycles. The summed E-state index contributed by atoms with van der Waals surface area (Å²) in [6.07, 6.45) is 2.18. The molecule has 188 valence electrons. The number of piperazine rings is 1. The van der Waals surface area contributed by atoms with Crippen molar-refractivity contribution < 1.29 is 17.9 Å². The van der Waals surface area contributed by atoms with Crippen molar-refractivity contribution in [3.05, 3.63) is 71.7 Å². The van der Waals surface area contributed by atoms with Gasteiger partial charge in [-0.3, -0.25) is 0 Å². The number of ether oxygens (including phenoxy) is 2. The van der Waals surface area contributed by atoms with E-state index in [1.54, 1.807) is 16.6 Å². The number of methoxy groups -OCH3 is 2. The van der Waals surface area contributed by atoms with Gasteiger partial charge in [-0.05, 0) is 24.6 Å². The molecular formula is C25H28N6O4S. The minimum absolute atomic E-state index is 0.178. The third-order valence-electron chi connectivity index (χ3n) is 6.46. The molecule has 0 unspecified atom stereocenters. The van der Waals surface area contributed by atoms with Gasteiger partial charge in [-0.15, -0.1) is 0 Å². The molecule has 0 aliphatic carbocycles. The molecule has 0 radical (unpaired) electrons. The van der Waals surface area contributed by atoms with Crippen molar-refractivity contribution in [1.82, 2.24) is 23.9 Å². The lowest BCUT2D eigenvalue weighted by Gasteiger charge is -2.36. The lowest BCUT2D eigenvalue weighted by atomic mass is 10.0. The molecule has 11 heteroatoms. The van der Waals surface area contributed by atoms with Gasteiger partial charge < -0.3 is 14.4 Å². The fraction of sp³-hybridized carbons (Fsp3) is 0.320. The van der Waals surface area contributed by atoms with Gasteiger partial charge in [0.15, 0.2) is 11.5 Å². The SMILES string of the molecule is COc1ccc(S(=O)(=O)N2CCN(c3c(Cc4ccccc4)c(C)nc4ncnn34)CC2)cc1OC. The van der Waals surface area contributed by atoms with E-state index in [-0.39, 0.29) is 4.90 Å². The lowest BCUT2D eigenvalue weighted by molar-refractivity contribution is 0.353. The summed E-state index contributed by atoms with van der Waals surface area (Å²) in [5.41, 5.74) is 3.10. The summed E-state index contributed by atoms with van der Waals surface area (Å²) in [4.78, 5) is 11.3. The number of rotatable bonds is 7. The number of fused-ring (bicyclic) bond motifs is 1. The molecule has 2 aromatic carbocycles. The molecule has 1 saturated heterocycles. The van der Waals surface area contributed by atoms with Gasteiger partial charge in [0.1, 0.15) is 12.1 Å². The molecule has 2 aromatic heterocycles. The minimum atomic E-state index is -3.70. The Kier molecular flexibility index (Phi) is 6.50. The highest BCUT2D eigenvalue weighted by Crippen LogP contribution is 2.32. The molecule has 0 bridgehead atoms. The molecular weight excluding hydrogens is 480 g/mol. The van der Waals surface area contributed by atoms with Crippen molar-refractivity contribution in [2.45, 2.75) is 18.2 Å². The number of sulfonamides is 1. The Morgan fingerprint density at radius 2 is 1.67 bits per heavy atom. The van der Waals surface area contributed by atoms with Crippen molar-refractivity contribution in [2.24, 2.45) is 0 Å². The predicted octanol–water partition coefficient (Wildman–Crippen LogP) is 2.55. The molecule has 3 heterocycles. The van der Waals surface area contributed by atoms with Crippen LogP contribution in [-0.4, -0.2) is 72.7 Å². The average Bonchev–Trinajstić information content (AvgIpc) is 3.37. The zero-order valence-electron chi connectivity index (χ0n) is 20.5. The van der Waals surface area contributed by atoms with E-state index in [4.69, 9.17) is 9.47 Å². The van der Waals surface area contributed by atoms with Gasteiger partial charge >= 0.3 is 0 Å². The van der Waals surface area contributed by atoms with Crippen LogP contribution in [0.1, 0.15) is 16.8 Å². The molecule has 36 heavy (non-hydrogen) atoms. The van der Waals surface area contributed by atoms with Crippen LogP contribution >= 0.6 is 0 Å². The summed E-state index contributed by atoms with van der Waals surface area (Å²) in [7, 11) is -0.694. The van der Waals surface area contributed by atoms with Crippen molar-refractivity contribution in [1.29, 1.82) is 0 Å². The zero-order chi connectivity index (χ0) is 25.3. The molecule has 0 amide bonds. The first-order valence-corrected chi connectivity index (χ1v) is 13.1. The van der Waals surface area contributed by atoms with E-state index < -0.39 is 10.0 Å². The number of nitrogens with zero attached hydrogens (tertiary/aromatic N) is 6. The van der Waals surface area contributed by atoms with Crippen molar-refractivity contribution in [3.8, 4) is 11.5 Å². The van der Waals surface area contributed by atoms with Crippen molar-refractivity contribution >= 4 is 21.6 Å². The fourth-order valence-corrected chi connectivity index (χ4v) is 6.00. The third-order valence-corrected chi connectivity index (χ3v) is 8.35. The third kappa shape index (κ3) is 4.35. The molecule has 10 nitrogen and oxygen atoms in total. The summed E-state index contributed by atoms with van der Waals surface area (Å²) in [5.74, 6) is 2.29. The maximum absolute atomic E-state index is 13.4. The second-order valence-corrected chi connectivity index (χ2v) is 10.5. The number of aromatic nitrogens is 4. The Hall–Kier alpha value is -3.70. The number of anilines is 1. The minimum Gasteiger partial charge on any atom is -0.493 e. The van der Waals surface area contributed by atoms with Gasteiger partial charge in [0.2, 0.25) is 10.0 Å². The van der Waals surface area contributed by atoms with Crippen molar-refractivity contribution in [3.63, 3.8) is 0 Å². The Labute approximate surface area is 210 Å². The van der Waals surface area contributed by atoms with Crippen LogP contribution in [0.25, 0.3) is 5.78 Å². The monoisotopic (exact) mass is 508 g/mol. The topological polar surface area (TPSA) is 102 Å². The van der Waals surface area contributed by atoms with Crippen LogP contribution in [0.2, 0.25) is 0 Å². The second-order valence-electron chi connectivity index (χ2n) is 8.54. The predicted molar refractivity (Wildman–Crippen MR) is 135 cm³/mol. The molecule has 1 fully saturated rings. The molecule has 0 atom stereocenters. The van der Waals surface area contributed by atoms with E-state index in [0.717, 1.165) is 22.6 Å². The first kappa shape index (κ1) is 24.0. The van der Waals surface area contributed by atoms with Crippen LogP contribution in [0, 0.1) is 6.92 Å². The van der Waals surface area contributed by atoms with Crippen LogP contribution in [0.3, 0.4) is 0 Å². The summed E-state index contributed by atoms with van der Waals surface area (Å²) in [6.45, 7) is 3.66.